The first-order valence-electron chi connectivity index (χ1n) is 8.14. The standard InChI is InChI=1S/C19H21FN2O2/c1-13(23)22-16-5-2-4-14(10-16)12-21-18-6-3-9-24-19-11-15(20)7-8-17(18)19/h2,4-5,7-8,10-11,18,21H,3,6,9,12H2,1H3,(H,22,23). The van der Waals surface area contributed by atoms with Crippen molar-refractivity contribution >= 4 is 11.6 Å². The number of hydrogen-bond donors (Lipinski definition) is 2. The second kappa shape index (κ2) is 7.45. The smallest absolute Gasteiger partial charge is 0.221 e. The Kier molecular flexibility index (Phi) is 5.11. The summed E-state index contributed by atoms with van der Waals surface area (Å²) in [6, 6.07) is 12.6. The summed E-state index contributed by atoms with van der Waals surface area (Å²) in [5.41, 5.74) is 2.86. The number of carbonyl (C=O) groups excluding carboxylic acids is 1. The van der Waals surface area contributed by atoms with Crippen LogP contribution in [0.4, 0.5) is 10.1 Å². The average Bonchev–Trinajstić information content (AvgIpc) is 2.74. The van der Waals surface area contributed by atoms with Gasteiger partial charge in [-0.2, -0.15) is 0 Å². The van der Waals surface area contributed by atoms with E-state index in [-0.39, 0.29) is 17.8 Å². The summed E-state index contributed by atoms with van der Waals surface area (Å²) in [6.45, 7) is 2.76. The predicted molar refractivity (Wildman–Crippen MR) is 91.5 cm³/mol. The molecule has 1 aliphatic heterocycles. The first kappa shape index (κ1) is 16.5. The van der Waals surface area contributed by atoms with E-state index in [1.54, 1.807) is 6.07 Å². The van der Waals surface area contributed by atoms with Crippen molar-refractivity contribution in [2.45, 2.75) is 32.4 Å². The molecule has 0 spiro atoms. The molecule has 2 N–H and O–H groups in total. The molecule has 0 aromatic heterocycles. The number of rotatable bonds is 4. The molecule has 1 aliphatic rings. The molecule has 5 heteroatoms. The summed E-state index contributed by atoms with van der Waals surface area (Å²) < 4.78 is 19.1. The normalized spacial score (nSPS) is 16.7. The van der Waals surface area contributed by atoms with Crippen LogP contribution in [0.3, 0.4) is 0 Å². The third-order valence-electron chi connectivity index (χ3n) is 4.05. The summed E-state index contributed by atoms with van der Waals surface area (Å²) in [5, 5.41) is 6.31. The Morgan fingerprint density at radius 3 is 3.00 bits per heavy atom. The van der Waals surface area contributed by atoms with Crippen LogP contribution >= 0.6 is 0 Å². The molecule has 0 saturated carbocycles. The van der Waals surface area contributed by atoms with Gasteiger partial charge in [0, 0.05) is 36.8 Å². The highest BCUT2D eigenvalue weighted by Gasteiger charge is 2.19. The van der Waals surface area contributed by atoms with Crippen molar-refractivity contribution in [2.75, 3.05) is 11.9 Å². The van der Waals surface area contributed by atoms with Crippen LogP contribution in [0.5, 0.6) is 5.75 Å². The van der Waals surface area contributed by atoms with Crippen LogP contribution in [0.1, 0.15) is 36.9 Å². The third-order valence-corrected chi connectivity index (χ3v) is 4.05. The highest BCUT2D eigenvalue weighted by molar-refractivity contribution is 5.88. The van der Waals surface area contributed by atoms with Crippen molar-refractivity contribution in [3.63, 3.8) is 0 Å². The van der Waals surface area contributed by atoms with Gasteiger partial charge in [-0.05, 0) is 36.6 Å². The fraction of sp³-hybridized carbons (Fsp3) is 0.316. The topological polar surface area (TPSA) is 50.4 Å². The highest BCUT2D eigenvalue weighted by atomic mass is 19.1. The number of benzene rings is 2. The molecule has 0 aliphatic carbocycles. The molecular formula is C19H21FN2O2. The molecule has 2 aromatic rings. The zero-order chi connectivity index (χ0) is 16.9. The van der Waals surface area contributed by atoms with Crippen LogP contribution in [0.25, 0.3) is 0 Å². The maximum Gasteiger partial charge on any atom is 0.221 e. The van der Waals surface area contributed by atoms with Gasteiger partial charge in [0.1, 0.15) is 11.6 Å². The summed E-state index contributed by atoms with van der Waals surface area (Å²) in [7, 11) is 0. The first-order chi connectivity index (χ1) is 11.6. The first-order valence-corrected chi connectivity index (χ1v) is 8.14. The molecule has 2 aromatic carbocycles. The van der Waals surface area contributed by atoms with E-state index in [9.17, 15) is 9.18 Å². The van der Waals surface area contributed by atoms with Gasteiger partial charge in [-0.1, -0.05) is 18.2 Å². The highest BCUT2D eigenvalue weighted by Crippen LogP contribution is 2.32. The van der Waals surface area contributed by atoms with Gasteiger partial charge in [0.2, 0.25) is 5.91 Å². The summed E-state index contributed by atoms with van der Waals surface area (Å²) >= 11 is 0. The van der Waals surface area contributed by atoms with Crippen molar-refractivity contribution < 1.29 is 13.9 Å². The van der Waals surface area contributed by atoms with Crippen LogP contribution in [-0.4, -0.2) is 12.5 Å². The summed E-state index contributed by atoms with van der Waals surface area (Å²) in [4.78, 5) is 11.2. The number of amides is 1. The SMILES string of the molecule is CC(=O)Nc1cccc(CNC2CCCOc3cc(F)ccc32)c1. The Hall–Kier alpha value is -2.40. The number of anilines is 1. The van der Waals surface area contributed by atoms with E-state index in [0.29, 0.717) is 18.9 Å². The van der Waals surface area contributed by atoms with Crippen molar-refractivity contribution in [2.24, 2.45) is 0 Å². The molecule has 1 unspecified atom stereocenters. The molecule has 1 atom stereocenters. The Morgan fingerprint density at radius 2 is 2.17 bits per heavy atom. The third kappa shape index (κ3) is 4.11. The zero-order valence-corrected chi connectivity index (χ0v) is 13.6. The maximum absolute atomic E-state index is 13.4. The number of fused-ring (bicyclic) bond motifs is 1. The molecular weight excluding hydrogens is 307 g/mol. The summed E-state index contributed by atoms with van der Waals surface area (Å²) in [5.74, 6) is 0.256. The zero-order valence-electron chi connectivity index (χ0n) is 13.6. The Bertz CT molecular complexity index is 733. The van der Waals surface area contributed by atoms with Gasteiger partial charge in [0.15, 0.2) is 0 Å². The van der Waals surface area contributed by atoms with E-state index in [1.165, 1.54) is 19.1 Å². The van der Waals surface area contributed by atoms with Gasteiger partial charge in [-0.3, -0.25) is 4.79 Å². The van der Waals surface area contributed by atoms with Gasteiger partial charge >= 0.3 is 0 Å². The number of halogens is 1. The fourth-order valence-corrected chi connectivity index (χ4v) is 2.96. The van der Waals surface area contributed by atoms with Gasteiger partial charge in [-0.15, -0.1) is 0 Å². The van der Waals surface area contributed by atoms with E-state index >= 15 is 0 Å². The lowest BCUT2D eigenvalue weighted by atomic mass is 10.0. The van der Waals surface area contributed by atoms with Gasteiger partial charge in [0.05, 0.1) is 6.61 Å². The second-order valence-electron chi connectivity index (χ2n) is 5.99. The van der Waals surface area contributed by atoms with Crippen molar-refractivity contribution in [1.29, 1.82) is 0 Å². The van der Waals surface area contributed by atoms with E-state index in [2.05, 4.69) is 10.6 Å². The number of hydrogen-bond acceptors (Lipinski definition) is 3. The van der Waals surface area contributed by atoms with Crippen molar-refractivity contribution in [3.8, 4) is 5.75 Å². The van der Waals surface area contributed by atoms with Crippen molar-refractivity contribution in [1.82, 2.24) is 5.32 Å². The van der Waals surface area contributed by atoms with E-state index in [0.717, 1.165) is 29.7 Å². The van der Waals surface area contributed by atoms with Crippen LogP contribution in [-0.2, 0) is 11.3 Å². The van der Waals surface area contributed by atoms with Crippen LogP contribution in [0, 0.1) is 5.82 Å². The fourth-order valence-electron chi connectivity index (χ4n) is 2.96. The Labute approximate surface area is 141 Å². The predicted octanol–water partition coefficient (Wildman–Crippen LogP) is 3.79. The lowest BCUT2D eigenvalue weighted by molar-refractivity contribution is -0.114. The molecule has 0 bridgehead atoms. The van der Waals surface area contributed by atoms with Crippen molar-refractivity contribution in [3.05, 3.63) is 59.4 Å². The number of nitrogens with one attached hydrogen (secondary N) is 2. The minimum atomic E-state index is -0.280. The largest absolute Gasteiger partial charge is 0.493 e. The molecule has 0 radical (unpaired) electrons. The molecule has 24 heavy (non-hydrogen) atoms. The summed E-state index contributed by atoms with van der Waals surface area (Å²) in [6.07, 6.45) is 1.85. The lowest BCUT2D eigenvalue weighted by Crippen LogP contribution is -2.20. The molecule has 4 nitrogen and oxygen atoms in total. The molecule has 1 heterocycles. The molecule has 0 fully saturated rings. The number of carbonyl (C=O) groups is 1. The van der Waals surface area contributed by atoms with Gasteiger partial charge in [-0.25, -0.2) is 4.39 Å². The van der Waals surface area contributed by atoms with E-state index < -0.39 is 0 Å². The second-order valence-corrected chi connectivity index (χ2v) is 5.99. The molecule has 1 amide bonds. The van der Waals surface area contributed by atoms with Crippen LogP contribution in [0.15, 0.2) is 42.5 Å². The van der Waals surface area contributed by atoms with Crippen LogP contribution in [0.2, 0.25) is 0 Å². The van der Waals surface area contributed by atoms with Crippen LogP contribution < -0.4 is 15.4 Å². The van der Waals surface area contributed by atoms with Gasteiger partial charge in [0.25, 0.3) is 0 Å². The molecule has 3 rings (SSSR count). The minimum Gasteiger partial charge on any atom is -0.493 e. The number of ether oxygens (including phenoxy) is 1. The lowest BCUT2D eigenvalue weighted by Gasteiger charge is -2.19. The van der Waals surface area contributed by atoms with E-state index in [4.69, 9.17) is 4.74 Å². The minimum absolute atomic E-state index is 0.0861. The maximum atomic E-state index is 13.4. The Balaban J connectivity index is 1.72. The van der Waals surface area contributed by atoms with Gasteiger partial charge < -0.3 is 15.4 Å². The Morgan fingerprint density at radius 1 is 1.29 bits per heavy atom. The average molecular weight is 328 g/mol. The molecule has 126 valence electrons. The molecule has 0 saturated heterocycles. The quantitative estimate of drug-likeness (QED) is 0.898. The monoisotopic (exact) mass is 328 g/mol. The van der Waals surface area contributed by atoms with E-state index in [1.807, 2.05) is 24.3 Å².